The molecule has 1 aliphatic rings. The second-order valence-corrected chi connectivity index (χ2v) is 6.41. The Labute approximate surface area is 114 Å². The third-order valence-corrected chi connectivity index (χ3v) is 4.14. The molecule has 0 amide bonds. The molecule has 1 aliphatic heterocycles. The molecule has 0 bridgehead atoms. The summed E-state index contributed by atoms with van der Waals surface area (Å²) in [6.45, 7) is 15.3. The maximum atomic E-state index is 3.53. The molecule has 0 spiro atoms. The molecule has 0 radical (unpaired) electrons. The lowest BCUT2D eigenvalue weighted by atomic mass is 10.1. The topological polar surface area (TPSA) is 18.5 Å². The van der Waals surface area contributed by atoms with E-state index in [1.807, 2.05) is 0 Å². The Balaban J connectivity index is 2.11. The Bertz CT molecular complexity index is 218. The van der Waals surface area contributed by atoms with Crippen LogP contribution in [0.3, 0.4) is 0 Å². The van der Waals surface area contributed by atoms with Gasteiger partial charge in [-0.2, -0.15) is 0 Å². The Morgan fingerprint density at radius 1 is 1.22 bits per heavy atom. The molecule has 3 heteroatoms. The summed E-state index contributed by atoms with van der Waals surface area (Å²) in [6, 6.07) is 1.45. The van der Waals surface area contributed by atoms with Gasteiger partial charge >= 0.3 is 0 Å². The van der Waals surface area contributed by atoms with Gasteiger partial charge in [0.05, 0.1) is 0 Å². The van der Waals surface area contributed by atoms with Gasteiger partial charge in [-0.05, 0) is 52.7 Å². The number of piperazine rings is 1. The van der Waals surface area contributed by atoms with Crippen LogP contribution < -0.4 is 5.32 Å². The van der Waals surface area contributed by atoms with Gasteiger partial charge in [-0.1, -0.05) is 13.8 Å². The average molecular weight is 255 g/mol. The molecule has 2 unspecified atom stereocenters. The molecule has 3 nitrogen and oxygen atoms in total. The van der Waals surface area contributed by atoms with Crippen LogP contribution in [-0.4, -0.2) is 61.7 Å². The quantitative estimate of drug-likeness (QED) is 0.702. The van der Waals surface area contributed by atoms with Crippen molar-refractivity contribution in [2.45, 2.75) is 52.6 Å². The Morgan fingerprint density at radius 3 is 2.56 bits per heavy atom. The van der Waals surface area contributed by atoms with Gasteiger partial charge in [0.15, 0.2) is 0 Å². The number of hydrogen-bond donors (Lipinski definition) is 1. The van der Waals surface area contributed by atoms with E-state index >= 15 is 0 Å². The Morgan fingerprint density at radius 2 is 1.94 bits per heavy atom. The van der Waals surface area contributed by atoms with Crippen molar-refractivity contribution in [3.05, 3.63) is 0 Å². The van der Waals surface area contributed by atoms with Gasteiger partial charge in [0.25, 0.3) is 0 Å². The predicted octanol–water partition coefficient (Wildman–Crippen LogP) is 2.04. The van der Waals surface area contributed by atoms with Crippen LogP contribution in [0.4, 0.5) is 0 Å². The number of rotatable bonds is 7. The first-order valence-electron chi connectivity index (χ1n) is 7.65. The summed E-state index contributed by atoms with van der Waals surface area (Å²) in [5, 5.41) is 3.53. The van der Waals surface area contributed by atoms with Crippen LogP contribution in [0.15, 0.2) is 0 Å². The molecule has 108 valence electrons. The van der Waals surface area contributed by atoms with Crippen molar-refractivity contribution in [2.75, 3.05) is 39.8 Å². The molecule has 2 atom stereocenters. The summed E-state index contributed by atoms with van der Waals surface area (Å²) < 4.78 is 0. The summed E-state index contributed by atoms with van der Waals surface area (Å²) in [4.78, 5) is 5.13. The van der Waals surface area contributed by atoms with Crippen molar-refractivity contribution in [1.82, 2.24) is 15.1 Å². The lowest BCUT2D eigenvalue weighted by molar-refractivity contribution is 0.0740. The highest BCUT2D eigenvalue weighted by molar-refractivity contribution is 4.80. The van der Waals surface area contributed by atoms with Gasteiger partial charge in [0.2, 0.25) is 0 Å². The summed E-state index contributed by atoms with van der Waals surface area (Å²) in [6.07, 6.45) is 2.62. The van der Waals surface area contributed by atoms with E-state index in [9.17, 15) is 0 Å². The number of nitrogens with zero attached hydrogens (tertiary/aromatic N) is 2. The highest BCUT2D eigenvalue weighted by Crippen LogP contribution is 2.13. The van der Waals surface area contributed by atoms with E-state index < -0.39 is 0 Å². The van der Waals surface area contributed by atoms with Crippen molar-refractivity contribution >= 4 is 0 Å². The molecule has 1 saturated heterocycles. The van der Waals surface area contributed by atoms with E-state index in [1.54, 1.807) is 0 Å². The minimum absolute atomic E-state index is 0.709. The van der Waals surface area contributed by atoms with Crippen molar-refractivity contribution in [2.24, 2.45) is 5.92 Å². The highest BCUT2D eigenvalue weighted by atomic mass is 15.3. The summed E-state index contributed by atoms with van der Waals surface area (Å²) >= 11 is 0. The van der Waals surface area contributed by atoms with Gasteiger partial charge in [0, 0.05) is 31.7 Å². The van der Waals surface area contributed by atoms with Crippen molar-refractivity contribution in [3.8, 4) is 0 Å². The lowest BCUT2D eigenvalue weighted by Gasteiger charge is -2.40. The van der Waals surface area contributed by atoms with E-state index in [2.05, 4.69) is 49.9 Å². The molecule has 0 aromatic carbocycles. The molecule has 1 fully saturated rings. The predicted molar refractivity (Wildman–Crippen MR) is 80.1 cm³/mol. The number of nitrogens with one attached hydrogen (secondary N) is 1. The molecule has 1 rings (SSSR count). The van der Waals surface area contributed by atoms with Crippen LogP contribution in [0.2, 0.25) is 0 Å². The zero-order chi connectivity index (χ0) is 13.5. The fourth-order valence-corrected chi connectivity index (χ4v) is 2.57. The second-order valence-electron chi connectivity index (χ2n) is 6.41. The molecule has 0 aliphatic carbocycles. The van der Waals surface area contributed by atoms with E-state index in [-0.39, 0.29) is 0 Å². The third-order valence-electron chi connectivity index (χ3n) is 4.14. The van der Waals surface area contributed by atoms with E-state index in [4.69, 9.17) is 0 Å². The molecular weight excluding hydrogens is 222 g/mol. The summed E-state index contributed by atoms with van der Waals surface area (Å²) in [5.41, 5.74) is 0. The third kappa shape index (κ3) is 5.68. The Kier molecular flexibility index (Phi) is 7.20. The maximum absolute atomic E-state index is 3.53. The molecule has 0 aromatic rings. The largest absolute Gasteiger partial charge is 0.316 e. The lowest BCUT2D eigenvalue weighted by Crippen LogP contribution is -2.52. The molecule has 1 N–H and O–H groups in total. The average Bonchev–Trinajstić information content (AvgIpc) is 2.31. The smallest absolute Gasteiger partial charge is 0.0192 e. The van der Waals surface area contributed by atoms with Crippen molar-refractivity contribution < 1.29 is 0 Å². The van der Waals surface area contributed by atoms with Crippen LogP contribution in [0.5, 0.6) is 0 Å². The van der Waals surface area contributed by atoms with E-state index in [0.29, 0.717) is 6.04 Å². The minimum atomic E-state index is 0.709. The monoisotopic (exact) mass is 255 g/mol. The zero-order valence-electron chi connectivity index (χ0n) is 13.1. The van der Waals surface area contributed by atoms with Crippen LogP contribution in [0.1, 0.15) is 40.5 Å². The van der Waals surface area contributed by atoms with Gasteiger partial charge in [-0.25, -0.2) is 0 Å². The first kappa shape index (κ1) is 15.9. The van der Waals surface area contributed by atoms with Crippen LogP contribution >= 0.6 is 0 Å². The van der Waals surface area contributed by atoms with Crippen LogP contribution in [0.25, 0.3) is 0 Å². The fourth-order valence-electron chi connectivity index (χ4n) is 2.57. The fraction of sp³-hybridized carbons (Fsp3) is 1.00. The summed E-state index contributed by atoms with van der Waals surface area (Å²) in [7, 11) is 2.24. The van der Waals surface area contributed by atoms with Gasteiger partial charge in [-0.3, -0.25) is 4.90 Å². The molecule has 0 saturated carbocycles. The van der Waals surface area contributed by atoms with Crippen molar-refractivity contribution in [3.63, 3.8) is 0 Å². The number of hydrogen-bond acceptors (Lipinski definition) is 3. The van der Waals surface area contributed by atoms with Gasteiger partial charge in [0.1, 0.15) is 0 Å². The number of likely N-dealkylation sites (N-methyl/N-ethyl adjacent to an activating group) is 1. The molecule has 18 heavy (non-hydrogen) atoms. The standard InChI is InChI=1S/C15H33N3/c1-13(2)11-16-8-6-7-14(3)18-10-9-17(5)15(4)12-18/h13-16H,6-12H2,1-5H3. The highest BCUT2D eigenvalue weighted by Gasteiger charge is 2.23. The second kappa shape index (κ2) is 8.13. The zero-order valence-corrected chi connectivity index (χ0v) is 13.1. The SMILES string of the molecule is CC(C)CNCCCC(C)N1CCN(C)C(C)C1. The first-order chi connectivity index (χ1) is 8.50. The van der Waals surface area contributed by atoms with E-state index in [0.717, 1.165) is 18.5 Å². The maximum Gasteiger partial charge on any atom is 0.0192 e. The first-order valence-corrected chi connectivity index (χ1v) is 7.65. The molecule has 0 aromatic heterocycles. The van der Waals surface area contributed by atoms with E-state index in [1.165, 1.54) is 39.0 Å². The minimum Gasteiger partial charge on any atom is -0.316 e. The summed E-state index contributed by atoms with van der Waals surface area (Å²) in [5.74, 6) is 0.765. The van der Waals surface area contributed by atoms with Gasteiger partial charge in [-0.15, -0.1) is 0 Å². The normalized spacial score (nSPS) is 24.7. The van der Waals surface area contributed by atoms with Gasteiger partial charge < -0.3 is 10.2 Å². The molecular formula is C15H33N3. The van der Waals surface area contributed by atoms with Crippen LogP contribution in [-0.2, 0) is 0 Å². The van der Waals surface area contributed by atoms with Crippen molar-refractivity contribution in [1.29, 1.82) is 0 Å². The Hall–Kier alpha value is -0.120. The van der Waals surface area contributed by atoms with Crippen LogP contribution in [0, 0.1) is 5.92 Å². The molecule has 1 heterocycles.